The van der Waals surface area contributed by atoms with Crippen molar-refractivity contribution in [2.75, 3.05) is 19.0 Å². The van der Waals surface area contributed by atoms with E-state index in [0.29, 0.717) is 0 Å². The standard InChI is InChI=1S/C16H19NO2S/c18-15-5-8-17(14-4-2-1-3-13(14)15)11-16(12-20)6-9-19-10-7-16/h1-5,8,20H,6-7,9-12H2. The molecule has 3 nitrogen and oxygen atoms in total. The maximum Gasteiger partial charge on any atom is 0.189 e. The van der Waals surface area contributed by atoms with Crippen molar-refractivity contribution in [2.24, 2.45) is 5.41 Å². The molecule has 0 radical (unpaired) electrons. The van der Waals surface area contributed by atoms with Crippen LogP contribution in [-0.4, -0.2) is 23.5 Å². The molecule has 1 aromatic carbocycles. The van der Waals surface area contributed by atoms with Gasteiger partial charge in [-0.15, -0.1) is 0 Å². The van der Waals surface area contributed by atoms with Crippen LogP contribution in [0, 0.1) is 5.41 Å². The van der Waals surface area contributed by atoms with Crippen molar-refractivity contribution >= 4 is 23.5 Å². The first-order valence-electron chi connectivity index (χ1n) is 7.01. The van der Waals surface area contributed by atoms with Gasteiger partial charge in [-0.1, -0.05) is 12.1 Å². The third kappa shape index (κ3) is 2.50. The SMILES string of the molecule is O=c1ccn(CC2(CS)CCOCC2)c2ccccc12. The highest BCUT2D eigenvalue weighted by atomic mass is 32.1. The number of para-hydroxylation sites is 1. The second-order valence-corrected chi connectivity index (χ2v) is 5.91. The molecule has 2 heterocycles. The Labute approximate surface area is 124 Å². The van der Waals surface area contributed by atoms with Crippen molar-refractivity contribution in [3.63, 3.8) is 0 Å². The van der Waals surface area contributed by atoms with Gasteiger partial charge in [0.25, 0.3) is 0 Å². The van der Waals surface area contributed by atoms with Crippen LogP contribution in [0.15, 0.2) is 41.3 Å². The molecule has 0 spiro atoms. The molecule has 1 aliphatic heterocycles. The lowest BCUT2D eigenvalue weighted by molar-refractivity contribution is 0.0187. The highest BCUT2D eigenvalue weighted by Crippen LogP contribution is 2.34. The second-order valence-electron chi connectivity index (χ2n) is 5.60. The molecule has 1 saturated heterocycles. The molecule has 1 fully saturated rings. The van der Waals surface area contributed by atoms with Gasteiger partial charge in [-0.3, -0.25) is 4.79 Å². The molecule has 0 aliphatic carbocycles. The number of rotatable bonds is 3. The molecule has 0 N–H and O–H groups in total. The van der Waals surface area contributed by atoms with Gasteiger partial charge in [0.05, 0.1) is 5.52 Å². The van der Waals surface area contributed by atoms with Gasteiger partial charge in [-0.05, 0) is 30.7 Å². The lowest BCUT2D eigenvalue weighted by Gasteiger charge is -2.37. The fraction of sp³-hybridized carbons (Fsp3) is 0.438. The summed E-state index contributed by atoms with van der Waals surface area (Å²) in [5, 5.41) is 0.788. The van der Waals surface area contributed by atoms with E-state index in [9.17, 15) is 4.79 Å². The van der Waals surface area contributed by atoms with E-state index in [-0.39, 0.29) is 10.8 Å². The minimum Gasteiger partial charge on any atom is -0.381 e. The zero-order chi connectivity index (χ0) is 14.0. The molecule has 0 unspecified atom stereocenters. The third-order valence-corrected chi connectivity index (χ3v) is 4.95. The molecule has 0 amide bonds. The van der Waals surface area contributed by atoms with E-state index in [1.54, 1.807) is 6.07 Å². The van der Waals surface area contributed by atoms with Crippen LogP contribution in [0.2, 0.25) is 0 Å². The first-order valence-corrected chi connectivity index (χ1v) is 7.64. The van der Waals surface area contributed by atoms with Gasteiger partial charge >= 0.3 is 0 Å². The Balaban J connectivity index is 2.02. The van der Waals surface area contributed by atoms with Gasteiger partial charge in [-0.25, -0.2) is 0 Å². The number of thiol groups is 1. The highest BCUT2D eigenvalue weighted by molar-refractivity contribution is 7.80. The summed E-state index contributed by atoms with van der Waals surface area (Å²) in [6.07, 6.45) is 3.96. The maximum absolute atomic E-state index is 11.9. The molecule has 1 aromatic heterocycles. The Morgan fingerprint density at radius 2 is 1.95 bits per heavy atom. The maximum atomic E-state index is 11.9. The van der Waals surface area contributed by atoms with Crippen LogP contribution in [0.1, 0.15) is 12.8 Å². The topological polar surface area (TPSA) is 31.2 Å². The molecular formula is C16H19NO2S. The van der Waals surface area contributed by atoms with Crippen LogP contribution in [0.4, 0.5) is 0 Å². The summed E-state index contributed by atoms with van der Waals surface area (Å²) in [6, 6.07) is 9.47. The van der Waals surface area contributed by atoms with Gasteiger partial charge < -0.3 is 9.30 Å². The fourth-order valence-corrected chi connectivity index (χ4v) is 3.35. The van der Waals surface area contributed by atoms with Gasteiger partial charge in [0.2, 0.25) is 0 Å². The fourth-order valence-electron chi connectivity index (χ4n) is 2.93. The number of hydrogen-bond donors (Lipinski definition) is 1. The molecule has 20 heavy (non-hydrogen) atoms. The Morgan fingerprint density at radius 3 is 2.70 bits per heavy atom. The molecule has 2 aromatic rings. The van der Waals surface area contributed by atoms with Crippen LogP contribution < -0.4 is 5.43 Å². The third-order valence-electron chi connectivity index (χ3n) is 4.28. The van der Waals surface area contributed by atoms with E-state index < -0.39 is 0 Å². The Bertz CT molecular complexity index is 659. The Hall–Kier alpha value is -1.26. The van der Waals surface area contributed by atoms with E-state index in [0.717, 1.165) is 49.3 Å². The summed E-state index contributed by atoms with van der Waals surface area (Å²) in [7, 11) is 0. The number of ether oxygens (including phenoxy) is 1. The number of pyridine rings is 1. The van der Waals surface area contributed by atoms with Crippen molar-refractivity contribution in [3.05, 3.63) is 46.8 Å². The molecule has 3 rings (SSSR count). The lowest BCUT2D eigenvalue weighted by Crippen LogP contribution is -2.35. The molecular weight excluding hydrogens is 270 g/mol. The number of benzene rings is 1. The summed E-state index contributed by atoms with van der Waals surface area (Å²) in [6.45, 7) is 2.50. The summed E-state index contributed by atoms with van der Waals surface area (Å²) in [5.74, 6) is 0.844. The number of nitrogens with zero attached hydrogens (tertiary/aromatic N) is 1. The van der Waals surface area contributed by atoms with E-state index in [4.69, 9.17) is 4.74 Å². The minimum absolute atomic E-state index is 0.0868. The lowest BCUT2D eigenvalue weighted by atomic mass is 9.82. The average Bonchev–Trinajstić information content (AvgIpc) is 2.51. The van der Waals surface area contributed by atoms with Crippen molar-refractivity contribution in [1.82, 2.24) is 4.57 Å². The summed E-state index contributed by atoms with van der Waals surface area (Å²) in [4.78, 5) is 11.9. The van der Waals surface area contributed by atoms with E-state index in [1.165, 1.54) is 0 Å². The minimum atomic E-state index is 0.0868. The second kappa shape index (κ2) is 5.62. The Morgan fingerprint density at radius 1 is 1.20 bits per heavy atom. The predicted octanol–water partition coefficient (Wildman–Crippen LogP) is 2.73. The smallest absolute Gasteiger partial charge is 0.189 e. The van der Waals surface area contributed by atoms with Crippen LogP contribution in [0.5, 0.6) is 0 Å². The molecule has 106 valence electrons. The first kappa shape index (κ1) is 13.7. The van der Waals surface area contributed by atoms with Crippen molar-refractivity contribution < 1.29 is 4.74 Å². The van der Waals surface area contributed by atoms with E-state index >= 15 is 0 Å². The zero-order valence-electron chi connectivity index (χ0n) is 11.4. The highest BCUT2D eigenvalue weighted by Gasteiger charge is 2.31. The monoisotopic (exact) mass is 289 g/mol. The average molecular weight is 289 g/mol. The van der Waals surface area contributed by atoms with Crippen molar-refractivity contribution in [2.45, 2.75) is 19.4 Å². The summed E-state index contributed by atoms with van der Waals surface area (Å²) >= 11 is 4.56. The van der Waals surface area contributed by atoms with Crippen LogP contribution in [0.25, 0.3) is 10.9 Å². The largest absolute Gasteiger partial charge is 0.381 e. The first-order chi connectivity index (χ1) is 9.74. The quantitative estimate of drug-likeness (QED) is 0.881. The van der Waals surface area contributed by atoms with E-state index in [2.05, 4.69) is 17.2 Å². The van der Waals surface area contributed by atoms with Gasteiger partial charge in [-0.2, -0.15) is 12.6 Å². The molecule has 0 atom stereocenters. The zero-order valence-corrected chi connectivity index (χ0v) is 12.3. The normalized spacial score (nSPS) is 18.2. The number of fused-ring (bicyclic) bond motifs is 1. The van der Waals surface area contributed by atoms with Crippen molar-refractivity contribution in [1.29, 1.82) is 0 Å². The van der Waals surface area contributed by atoms with Gasteiger partial charge in [0.15, 0.2) is 5.43 Å². The Kier molecular flexibility index (Phi) is 3.85. The summed E-state index contributed by atoms with van der Waals surface area (Å²) < 4.78 is 7.67. The van der Waals surface area contributed by atoms with Crippen LogP contribution in [-0.2, 0) is 11.3 Å². The number of hydrogen-bond acceptors (Lipinski definition) is 3. The van der Waals surface area contributed by atoms with Crippen LogP contribution in [0.3, 0.4) is 0 Å². The van der Waals surface area contributed by atoms with Crippen molar-refractivity contribution in [3.8, 4) is 0 Å². The summed E-state index contributed by atoms with van der Waals surface area (Å²) in [5.41, 5.74) is 1.26. The molecule has 0 saturated carbocycles. The molecule has 1 aliphatic rings. The van der Waals surface area contributed by atoms with Crippen LogP contribution >= 0.6 is 12.6 Å². The van der Waals surface area contributed by atoms with Gasteiger partial charge in [0.1, 0.15) is 0 Å². The van der Waals surface area contributed by atoms with Gasteiger partial charge in [0, 0.05) is 42.8 Å². The molecule has 4 heteroatoms. The predicted molar refractivity (Wildman–Crippen MR) is 84.5 cm³/mol. The molecule has 0 bridgehead atoms. The number of aromatic nitrogens is 1. The van der Waals surface area contributed by atoms with E-state index in [1.807, 2.05) is 30.5 Å².